The largest absolute Gasteiger partial charge is 0.480 e. The monoisotopic (exact) mass is 282 g/mol. The normalized spacial score (nSPS) is 32.0. The van der Waals surface area contributed by atoms with E-state index in [-0.39, 0.29) is 11.4 Å². The van der Waals surface area contributed by atoms with E-state index in [2.05, 4.69) is 17.6 Å². The van der Waals surface area contributed by atoms with Gasteiger partial charge in [0, 0.05) is 6.54 Å². The minimum Gasteiger partial charge on any atom is -0.480 e. The van der Waals surface area contributed by atoms with Crippen LogP contribution in [0.25, 0.3) is 0 Å². The quantitative estimate of drug-likeness (QED) is 0.741. The number of carboxylic acids is 1. The third kappa shape index (κ3) is 3.25. The van der Waals surface area contributed by atoms with Gasteiger partial charge in [0.1, 0.15) is 5.54 Å². The van der Waals surface area contributed by atoms with Crippen LogP contribution < -0.4 is 10.6 Å². The minimum absolute atomic E-state index is 0.202. The molecule has 0 aliphatic heterocycles. The molecule has 2 rings (SSSR count). The molecule has 5 nitrogen and oxygen atoms in total. The molecule has 5 heteroatoms. The van der Waals surface area contributed by atoms with Crippen molar-refractivity contribution in [3.05, 3.63) is 0 Å². The fraction of sp³-hybridized carbons (Fsp3) is 0.867. The van der Waals surface area contributed by atoms with Gasteiger partial charge >= 0.3 is 12.0 Å². The molecule has 2 aliphatic rings. The summed E-state index contributed by atoms with van der Waals surface area (Å²) in [6.45, 7) is 4.84. The number of carbonyl (C=O) groups is 2. The molecule has 2 aliphatic carbocycles. The first-order valence-corrected chi connectivity index (χ1v) is 7.65. The Bertz CT molecular complexity index is 393. The SMILES string of the molecule is CC1CCCC(NC(=O)NCC2(C)CCC2)(C(=O)O)C1. The molecule has 3 N–H and O–H groups in total. The zero-order valence-corrected chi connectivity index (χ0v) is 12.5. The van der Waals surface area contributed by atoms with Crippen molar-refractivity contribution in [1.82, 2.24) is 10.6 Å². The van der Waals surface area contributed by atoms with E-state index >= 15 is 0 Å². The zero-order valence-electron chi connectivity index (χ0n) is 12.5. The maximum atomic E-state index is 12.0. The van der Waals surface area contributed by atoms with Gasteiger partial charge in [-0.1, -0.05) is 33.1 Å². The van der Waals surface area contributed by atoms with E-state index in [1.165, 1.54) is 6.42 Å². The fourth-order valence-electron chi connectivity index (χ4n) is 3.42. The standard InChI is InChI=1S/C15H26N2O3/c1-11-5-3-8-15(9-11,12(18)19)17-13(20)16-10-14(2)6-4-7-14/h11H,3-10H2,1-2H3,(H,18,19)(H2,16,17,20). The third-order valence-corrected chi connectivity index (χ3v) is 5.00. The Hall–Kier alpha value is -1.26. The maximum Gasteiger partial charge on any atom is 0.329 e. The van der Waals surface area contributed by atoms with Crippen molar-refractivity contribution in [2.24, 2.45) is 11.3 Å². The molecule has 0 aromatic rings. The average Bonchev–Trinajstić information content (AvgIpc) is 2.34. The molecule has 2 saturated carbocycles. The lowest BCUT2D eigenvalue weighted by molar-refractivity contribution is -0.146. The van der Waals surface area contributed by atoms with Gasteiger partial charge in [-0.15, -0.1) is 0 Å². The Morgan fingerprint density at radius 2 is 1.95 bits per heavy atom. The molecule has 0 saturated heterocycles. The highest BCUT2D eigenvalue weighted by Gasteiger charge is 2.43. The number of urea groups is 1. The molecular formula is C15H26N2O3. The molecule has 0 bridgehead atoms. The van der Waals surface area contributed by atoms with Crippen LogP contribution in [0.4, 0.5) is 4.79 Å². The Labute approximate surface area is 120 Å². The Balaban J connectivity index is 1.90. The van der Waals surface area contributed by atoms with Crippen LogP contribution >= 0.6 is 0 Å². The van der Waals surface area contributed by atoms with Gasteiger partial charge in [0.15, 0.2) is 0 Å². The molecule has 0 heterocycles. The van der Waals surface area contributed by atoms with Crippen molar-refractivity contribution in [3.63, 3.8) is 0 Å². The molecule has 2 amide bonds. The second-order valence-electron chi connectivity index (χ2n) is 7.06. The van der Waals surface area contributed by atoms with Crippen LogP contribution in [-0.4, -0.2) is 29.2 Å². The Morgan fingerprint density at radius 3 is 2.45 bits per heavy atom. The summed E-state index contributed by atoms with van der Waals surface area (Å²) in [6, 6.07) is -0.338. The van der Waals surface area contributed by atoms with Crippen LogP contribution in [0, 0.1) is 11.3 Å². The molecule has 2 unspecified atom stereocenters. The van der Waals surface area contributed by atoms with Crippen molar-refractivity contribution in [3.8, 4) is 0 Å². The molecule has 2 fully saturated rings. The molecule has 2 atom stereocenters. The van der Waals surface area contributed by atoms with E-state index in [1.807, 2.05) is 6.92 Å². The van der Waals surface area contributed by atoms with Gasteiger partial charge in [-0.3, -0.25) is 0 Å². The van der Waals surface area contributed by atoms with Crippen molar-refractivity contribution < 1.29 is 14.7 Å². The summed E-state index contributed by atoms with van der Waals surface area (Å²) in [6.07, 6.45) is 6.42. The Morgan fingerprint density at radius 1 is 1.25 bits per heavy atom. The van der Waals surface area contributed by atoms with Crippen molar-refractivity contribution in [2.45, 2.75) is 64.3 Å². The van der Waals surface area contributed by atoms with Crippen LogP contribution in [0.2, 0.25) is 0 Å². The van der Waals surface area contributed by atoms with Crippen LogP contribution in [-0.2, 0) is 4.79 Å². The second-order valence-corrected chi connectivity index (χ2v) is 7.06. The highest BCUT2D eigenvalue weighted by molar-refractivity contribution is 5.86. The molecule has 0 radical (unpaired) electrons. The summed E-state index contributed by atoms with van der Waals surface area (Å²) in [4.78, 5) is 23.6. The molecule has 0 aromatic carbocycles. The number of nitrogens with one attached hydrogen (secondary N) is 2. The summed E-state index contributed by atoms with van der Waals surface area (Å²) < 4.78 is 0. The summed E-state index contributed by atoms with van der Waals surface area (Å²) >= 11 is 0. The first-order valence-electron chi connectivity index (χ1n) is 7.65. The van der Waals surface area contributed by atoms with E-state index < -0.39 is 11.5 Å². The lowest BCUT2D eigenvalue weighted by Gasteiger charge is -2.40. The van der Waals surface area contributed by atoms with Gasteiger partial charge in [0.2, 0.25) is 0 Å². The number of amides is 2. The fourth-order valence-corrected chi connectivity index (χ4v) is 3.42. The highest BCUT2D eigenvalue weighted by atomic mass is 16.4. The average molecular weight is 282 g/mol. The van der Waals surface area contributed by atoms with Gasteiger partial charge < -0.3 is 15.7 Å². The van der Waals surface area contributed by atoms with Gasteiger partial charge in [-0.25, -0.2) is 9.59 Å². The first kappa shape index (κ1) is 15.1. The van der Waals surface area contributed by atoms with E-state index in [1.54, 1.807) is 0 Å². The van der Waals surface area contributed by atoms with Gasteiger partial charge in [0.25, 0.3) is 0 Å². The lowest BCUT2D eigenvalue weighted by atomic mass is 9.70. The number of aliphatic carboxylic acids is 1. The second kappa shape index (κ2) is 5.62. The van der Waals surface area contributed by atoms with Crippen molar-refractivity contribution in [1.29, 1.82) is 0 Å². The molecule has 20 heavy (non-hydrogen) atoms. The number of carbonyl (C=O) groups excluding carboxylic acids is 1. The van der Waals surface area contributed by atoms with Crippen LogP contribution in [0.3, 0.4) is 0 Å². The summed E-state index contributed by atoms with van der Waals surface area (Å²) in [5.74, 6) is -0.571. The predicted molar refractivity (Wildman–Crippen MR) is 76.5 cm³/mol. The van der Waals surface area contributed by atoms with Crippen molar-refractivity contribution >= 4 is 12.0 Å². The number of rotatable bonds is 4. The molecule has 0 aromatic heterocycles. The summed E-state index contributed by atoms with van der Waals surface area (Å²) in [5.41, 5.74) is -0.879. The van der Waals surface area contributed by atoms with Gasteiger partial charge in [0.05, 0.1) is 0 Å². The number of carboxylic acid groups (broad SMARTS) is 1. The summed E-state index contributed by atoms with van der Waals surface area (Å²) in [5, 5.41) is 15.1. The van der Waals surface area contributed by atoms with E-state index in [4.69, 9.17) is 0 Å². The summed E-state index contributed by atoms with van der Waals surface area (Å²) in [7, 11) is 0. The molecular weight excluding hydrogens is 256 g/mol. The van der Waals surface area contributed by atoms with Crippen LogP contribution in [0.15, 0.2) is 0 Å². The zero-order chi connectivity index (χ0) is 14.8. The lowest BCUT2D eigenvalue weighted by Crippen LogP contribution is -2.59. The van der Waals surface area contributed by atoms with E-state index in [0.717, 1.165) is 25.7 Å². The van der Waals surface area contributed by atoms with Crippen LogP contribution in [0.5, 0.6) is 0 Å². The van der Waals surface area contributed by atoms with Crippen molar-refractivity contribution in [2.75, 3.05) is 6.54 Å². The third-order valence-electron chi connectivity index (χ3n) is 5.00. The molecule has 114 valence electrons. The Kier molecular flexibility index (Phi) is 4.25. The van der Waals surface area contributed by atoms with Gasteiger partial charge in [-0.05, 0) is 37.0 Å². The predicted octanol–water partition coefficient (Wildman–Crippen LogP) is 2.51. The van der Waals surface area contributed by atoms with E-state index in [9.17, 15) is 14.7 Å². The smallest absolute Gasteiger partial charge is 0.329 e. The highest BCUT2D eigenvalue weighted by Crippen LogP contribution is 2.39. The maximum absolute atomic E-state index is 12.0. The van der Waals surface area contributed by atoms with E-state index in [0.29, 0.717) is 25.3 Å². The molecule has 0 spiro atoms. The minimum atomic E-state index is -1.08. The topological polar surface area (TPSA) is 78.4 Å². The van der Waals surface area contributed by atoms with Gasteiger partial charge in [-0.2, -0.15) is 0 Å². The number of hydrogen-bond donors (Lipinski definition) is 3. The first-order chi connectivity index (χ1) is 9.35. The number of hydrogen-bond acceptors (Lipinski definition) is 2. The van der Waals surface area contributed by atoms with Crippen LogP contribution in [0.1, 0.15) is 58.8 Å².